The zero-order chi connectivity index (χ0) is 17.1. The molecule has 0 saturated carbocycles. The number of nitrogens with zero attached hydrogens (tertiary/aromatic N) is 4. The van der Waals surface area contributed by atoms with Crippen molar-refractivity contribution in [2.45, 2.75) is 39.0 Å². The molecule has 2 aromatic heterocycles. The van der Waals surface area contributed by atoms with Crippen molar-refractivity contribution >= 4 is 5.91 Å². The molecule has 1 amide bonds. The van der Waals surface area contributed by atoms with Crippen molar-refractivity contribution in [3.8, 4) is 5.88 Å². The Labute approximate surface area is 141 Å². The first-order valence-electron chi connectivity index (χ1n) is 8.14. The summed E-state index contributed by atoms with van der Waals surface area (Å²) in [5, 5.41) is 3.74. The molecule has 1 saturated heterocycles. The van der Waals surface area contributed by atoms with Crippen molar-refractivity contribution in [3.05, 3.63) is 35.1 Å². The molecule has 0 aromatic carbocycles. The number of hydrogen-bond acceptors (Lipinski definition) is 6. The zero-order valence-electron chi connectivity index (χ0n) is 14.3. The van der Waals surface area contributed by atoms with Gasteiger partial charge in [0.1, 0.15) is 11.6 Å². The number of hydrogen-bond donors (Lipinski definition) is 0. The lowest BCUT2D eigenvalue weighted by Gasteiger charge is -2.16. The van der Waals surface area contributed by atoms with Gasteiger partial charge in [-0.1, -0.05) is 0 Å². The van der Waals surface area contributed by atoms with Crippen molar-refractivity contribution in [1.29, 1.82) is 0 Å². The second kappa shape index (κ2) is 6.98. The highest BCUT2D eigenvalue weighted by Gasteiger charge is 2.29. The summed E-state index contributed by atoms with van der Waals surface area (Å²) < 4.78 is 10.1. The molecule has 1 aliphatic rings. The fraction of sp³-hybridized carbons (Fsp3) is 0.529. The van der Waals surface area contributed by atoms with Crippen molar-refractivity contribution in [1.82, 2.24) is 20.0 Å². The second-order valence-electron chi connectivity index (χ2n) is 6.17. The average Bonchev–Trinajstić information content (AvgIpc) is 3.21. The van der Waals surface area contributed by atoms with E-state index in [0.717, 1.165) is 30.2 Å². The fourth-order valence-corrected chi connectivity index (χ4v) is 3.03. The molecule has 3 heterocycles. The second-order valence-corrected chi connectivity index (χ2v) is 6.17. The highest BCUT2D eigenvalue weighted by Crippen LogP contribution is 2.26. The number of carbonyl (C=O) groups excluding carboxylic acids is 1. The van der Waals surface area contributed by atoms with Gasteiger partial charge in [0.05, 0.1) is 7.11 Å². The van der Waals surface area contributed by atoms with E-state index < -0.39 is 0 Å². The summed E-state index contributed by atoms with van der Waals surface area (Å²) in [5.41, 5.74) is 1.95. The molecule has 3 rings (SSSR count). The molecule has 0 aliphatic carbocycles. The largest absolute Gasteiger partial charge is 0.479 e. The summed E-state index contributed by atoms with van der Waals surface area (Å²) in [6, 6.07) is 3.68. The molecule has 7 heteroatoms. The molecule has 0 N–H and O–H groups in total. The molecule has 1 aliphatic heterocycles. The maximum atomic E-state index is 12.4. The number of aromatic nitrogens is 3. The zero-order valence-corrected chi connectivity index (χ0v) is 14.3. The van der Waals surface area contributed by atoms with E-state index in [9.17, 15) is 4.79 Å². The van der Waals surface area contributed by atoms with Crippen LogP contribution in [0.15, 0.2) is 16.7 Å². The third-order valence-corrected chi connectivity index (χ3v) is 4.24. The monoisotopic (exact) mass is 330 g/mol. The van der Waals surface area contributed by atoms with Crippen molar-refractivity contribution in [3.63, 3.8) is 0 Å². The Morgan fingerprint density at radius 2 is 2.08 bits per heavy atom. The third-order valence-electron chi connectivity index (χ3n) is 4.24. The van der Waals surface area contributed by atoms with Gasteiger partial charge < -0.3 is 14.2 Å². The molecule has 1 fully saturated rings. The molecule has 0 radical (unpaired) electrons. The van der Waals surface area contributed by atoms with Gasteiger partial charge in [0.2, 0.25) is 5.91 Å². The van der Waals surface area contributed by atoms with Gasteiger partial charge in [-0.25, -0.2) is 9.97 Å². The minimum absolute atomic E-state index is 0.122. The van der Waals surface area contributed by atoms with Crippen LogP contribution in [0, 0.1) is 13.8 Å². The molecule has 24 heavy (non-hydrogen) atoms. The van der Waals surface area contributed by atoms with Gasteiger partial charge in [-0.3, -0.25) is 4.79 Å². The molecular weight excluding hydrogens is 308 g/mol. The first-order valence-corrected chi connectivity index (χ1v) is 8.14. The van der Waals surface area contributed by atoms with Crippen LogP contribution >= 0.6 is 0 Å². The lowest BCUT2D eigenvalue weighted by atomic mass is 10.1. The first-order chi connectivity index (χ1) is 11.5. The van der Waals surface area contributed by atoms with Gasteiger partial charge >= 0.3 is 0 Å². The van der Waals surface area contributed by atoms with Crippen LogP contribution in [0.2, 0.25) is 0 Å². The summed E-state index contributed by atoms with van der Waals surface area (Å²) in [4.78, 5) is 23.3. The number of aryl methyl sites for hydroxylation is 3. The maximum absolute atomic E-state index is 12.4. The predicted molar refractivity (Wildman–Crippen MR) is 86.8 cm³/mol. The standard InChI is InChI=1S/C17H22N4O3/c1-11-8-12(2)19-17(18-11)13-6-7-21(10-13)16(22)5-4-14-9-15(23-3)20-24-14/h8-9,13H,4-7,10H2,1-3H3/t13-/m1/s1. The summed E-state index contributed by atoms with van der Waals surface area (Å²) >= 11 is 0. The highest BCUT2D eigenvalue weighted by atomic mass is 16.5. The first kappa shape index (κ1) is 16.4. The highest BCUT2D eigenvalue weighted by molar-refractivity contribution is 5.76. The van der Waals surface area contributed by atoms with E-state index >= 15 is 0 Å². The molecule has 0 unspecified atom stereocenters. The lowest BCUT2D eigenvalue weighted by Crippen LogP contribution is -2.28. The van der Waals surface area contributed by atoms with Gasteiger partial charge in [-0.15, -0.1) is 0 Å². The van der Waals surface area contributed by atoms with Crippen molar-refractivity contribution in [2.24, 2.45) is 0 Å². The van der Waals surface area contributed by atoms with Gasteiger partial charge in [0.15, 0.2) is 0 Å². The van der Waals surface area contributed by atoms with Crippen LogP contribution in [0.4, 0.5) is 0 Å². The Morgan fingerprint density at radius 3 is 2.75 bits per heavy atom. The van der Waals surface area contributed by atoms with E-state index in [-0.39, 0.29) is 11.8 Å². The van der Waals surface area contributed by atoms with Gasteiger partial charge in [0.25, 0.3) is 5.88 Å². The molecule has 2 aromatic rings. The summed E-state index contributed by atoms with van der Waals surface area (Å²) in [5.74, 6) is 2.29. The van der Waals surface area contributed by atoms with E-state index in [1.165, 1.54) is 7.11 Å². The van der Waals surface area contributed by atoms with Crippen LogP contribution in [0.1, 0.15) is 41.7 Å². The molecule has 128 valence electrons. The van der Waals surface area contributed by atoms with E-state index in [4.69, 9.17) is 9.26 Å². The van der Waals surface area contributed by atoms with Crippen LogP contribution in [0.25, 0.3) is 0 Å². The number of carbonyl (C=O) groups is 1. The van der Waals surface area contributed by atoms with Crippen LogP contribution in [0.5, 0.6) is 5.88 Å². The van der Waals surface area contributed by atoms with E-state index in [1.54, 1.807) is 6.07 Å². The van der Waals surface area contributed by atoms with Gasteiger partial charge in [0, 0.05) is 49.3 Å². The van der Waals surface area contributed by atoms with Crippen LogP contribution in [-0.4, -0.2) is 46.1 Å². The average molecular weight is 330 g/mol. The number of rotatable bonds is 5. The van der Waals surface area contributed by atoms with Crippen LogP contribution < -0.4 is 4.74 Å². The number of amides is 1. The Kier molecular flexibility index (Phi) is 4.78. The van der Waals surface area contributed by atoms with E-state index in [1.807, 2.05) is 24.8 Å². The van der Waals surface area contributed by atoms with E-state index in [0.29, 0.717) is 31.0 Å². The van der Waals surface area contributed by atoms with Crippen molar-refractivity contribution < 1.29 is 14.1 Å². The molecular formula is C17H22N4O3. The fourth-order valence-electron chi connectivity index (χ4n) is 3.03. The molecule has 7 nitrogen and oxygen atoms in total. The summed E-state index contributed by atoms with van der Waals surface area (Å²) in [6.07, 6.45) is 1.83. The molecule has 0 bridgehead atoms. The predicted octanol–water partition coefficient (Wildman–Crippen LogP) is 2.04. The number of ether oxygens (including phenoxy) is 1. The molecule has 0 spiro atoms. The lowest BCUT2D eigenvalue weighted by molar-refractivity contribution is -0.130. The quantitative estimate of drug-likeness (QED) is 0.834. The smallest absolute Gasteiger partial charge is 0.254 e. The minimum Gasteiger partial charge on any atom is -0.479 e. The Balaban J connectivity index is 1.55. The minimum atomic E-state index is 0.122. The summed E-state index contributed by atoms with van der Waals surface area (Å²) in [6.45, 7) is 5.38. The Morgan fingerprint density at radius 1 is 1.33 bits per heavy atom. The molecule has 1 atom stereocenters. The topological polar surface area (TPSA) is 81.4 Å². The maximum Gasteiger partial charge on any atom is 0.254 e. The van der Waals surface area contributed by atoms with E-state index in [2.05, 4.69) is 15.1 Å². The normalized spacial score (nSPS) is 17.3. The Bertz CT molecular complexity index is 708. The summed E-state index contributed by atoms with van der Waals surface area (Å²) in [7, 11) is 1.53. The third kappa shape index (κ3) is 3.72. The van der Waals surface area contributed by atoms with Crippen LogP contribution in [0.3, 0.4) is 0 Å². The SMILES string of the molecule is COc1cc(CCC(=O)N2CC[C@@H](c3nc(C)cc(C)n3)C2)on1. The van der Waals surface area contributed by atoms with Gasteiger partial charge in [-0.2, -0.15) is 0 Å². The van der Waals surface area contributed by atoms with Crippen molar-refractivity contribution in [2.75, 3.05) is 20.2 Å². The van der Waals surface area contributed by atoms with Crippen LogP contribution in [-0.2, 0) is 11.2 Å². The number of likely N-dealkylation sites (tertiary alicyclic amines) is 1. The Hall–Kier alpha value is -2.44. The van der Waals surface area contributed by atoms with Gasteiger partial charge in [-0.05, 0) is 31.5 Å². The number of methoxy groups -OCH3 is 1.